The fourth-order valence-corrected chi connectivity index (χ4v) is 2.97. The van der Waals surface area contributed by atoms with E-state index in [1.165, 1.54) is 0 Å². The number of piperidine rings is 1. The lowest BCUT2D eigenvalue weighted by atomic mass is 9.83. The first-order valence-corrected chi connectivity index (χ1v) is 6.71. The molecule has 2 atom stereocenters. The molecule has 0 spiro atoms. The predicted molar refractivity (Wildman–Crippen MR) is 61.3 cm³/mol. The van der Waals surface area contributed by atoms with Crippen LogP contribution in [-0.4, -0.2) is 49.3 Å². The number of nitrogens with zero attached hydrogens (tertiary/aromatic N) is 1. The van der Waals surface area contributed by atoms with Crippen LogP contribution in [0, 0.1) is 11.3 Å². The average Bonchev–Trinajstić information content (AvgIpc) is 2.87. The Morgan fingerprint density at radius 1 is 1.19 bits per heavy atom. The predicted octanol–water partition coefficient (Wildman–Crippen LogP) is 2.33. The van der Waals surface area contributed by atoms with Crippen molar-refractivity contribution in [2.24, 2.45) is 11.3 Å². The van der Waals surface area contributed by atoms with E-state index >= 15 is 0 Å². The third-order valence-electron chi connectivity index (χ3n) is 4.28. The second kappa shape index (κ2) is 5.33. The summed E-state index contributed by atoms with van der Waals surface area (Å²) >= 11 is 0. The number of hydrogen-bond acceptors (Lipinski definition) is 2. The van der Waals surface area contributed by atoms with Gasteiger partial charge in [-0.3, -0.25) is 4.79 Å². The lowest BCUT2D eigenvalue weighted by molar-refractivity contribution is -0.226. The van der Waals surface area contributed by atoms with Gasteiger partial charge in [0.25, 0.3) is 0 Å². The highest BCUT2D eigenvalue weighted by Gasteiger charge is 2.63. The van der Waals surface area contributed by atoms with Crippen molar-refractivity contribution in [2.75, 3.05) is 26.2 Å². The number of nitrogens with one attached hydrogen (secondary N) is 1. The van der Waals surface area contributed by atoms with Crippen LogP contribution in [0.4, 0.5) is 26.3 Å². The van der Waals surface area contributed by atoms with Crippen molar-refractivity contribution in [3.8, 4) is 0 Å². The van der Waals surface area contributed by atoms with Crippen molar-refractivity contribution < 1.29 is 31.1 Å². The summed E-state index contributed by atoms with van der Waals surface area (Å²) in [6.07, 6.45) is -9.76. The monoisotopic (exact) mass is 318 g/mol. The van der Waals surface area contributed by atoms with Crippen molar-refractivity contribution in [1.29, 1.82) is 0 Å². The van der Waals surface area contributed by atoms with Crippen molar-refractivity contribution in [1.82, 2.24) is 10.2 Å². The minimum absolute atomic E-state index is 0.0296. The van der Waals surface area contributed by atoms with Crippen LogP contribution in [0.3, 0.4) is 0 Å². The van der Waals surface area contributed by atoms with E-state index in [4.69, 9.17) is 0 Å². The fourth-order valence-electron chi connectivity index (χ4n) is 2.97. The molecule has 2 unspecified atom stereocenters. The summed E-state index contributed by atoms with van der Waals surface area (Å²) in [6.45, 7) is -1.27. The van der Waals surface area contributed by atoms with Gasteiger partial charge in [0.1, 0.15) is 0 Å². The minimum atomic E-state index is -4.77. The summed E-state index contributed by atoms with van der Waals surface area (Å²) in [4.78, 5) is 13.0. The number of likely N-dealkylation sites (tertiary alicyclic amines) is 1. The Bertz CT molecular complexity index is 400. The molecule has 9 heteroatoms. The molecule has 0 radical (unpaired) electrons. The maximum absolute atomic E-state index is 13.2. The molecule has 21 heavy (non-hydrogen) atoms. The molecular formula is C12H16F6N2O. The highest BCUT2D eigenvalue weighted by atomic mass is 19.4. The average molecular weight is 318 g/mol. The Labute approximate surface area is 117 Å². The Morgan fingerprint density at radius 2 is 1.86 bits per heavy atom. The first-order valence-electron chi connectivity index (χ1n) is 6.71. The second-order valence-electron chi connectivity index (χ2n) is 5.64. The van der Waals surface area contributed by atoms with Gasteiger partial charge in [-0.05, 0) is 25.8 Å². The van der Waals surface area contributed by atoms with Gasteiger partial charge in [0.2, 0.25) is 5.91 Å². The van der Waals surface area contributed by atoms with Gasteiger partial charge in [0.15, 0.2) is 5.41 Å². The van der Waals surface area contributed by atoms with Crippen LogP contribution >= 0.6 is 0 Å². The molecule has 2 rings (SSSR count). The van der Waals surface area contributed by atoms with Crippen LogP contribution in [0.1, 0.15) is 19.3 Å². The summed E-state index contributed by atoms with van der Waals surface area (Å²) in [5, 5.41) is 2.49. The van der Waals surface area contributed by atoms with E-state index in [0.29, 0.717) is 0 Å². The van der Waals surface area contributed by atoms with Crippen LogP contribution in [0.15, 0.2) is 0 Å². The lowest BCUT2D eigenvalue weighted by Crippen LogP contribution is -2.56. The molecule has 1 amide bonds. The summed E-state index contributed by atoms with van der Waals surface area (Å²) in [5.74, 6) is -2.97. The van der Waals surface area contributed by atoms with Gasteiger partial charge in [-0.25, -0.2) is 0 Å². The fraction of sp³-hybridized carbons (Fsp3) is 0.917. The van der Waals surface area contributed by atoms with E-state index < -0.39 is 49.1 Å². The highest BCUT2D eigenvalue weighted by molar-refractivity contribution is 5.84. The van der Waals surface area contributed by atoms with E-state index in [1.807, 2.05) is 0 Å². The van der Waals surface area contributed by atoms with Crippen molar-refractivity contribution in [2.45, 2.75) is 31.6 Å². The van der Waals surface area contributed by atoms with Gasteiger partial charge in [0.05, 0.1) is 5.92 Å². The highest BCUT2D eigenvalue weighted by Crippen LogP contribution is 2.45. The Morgan fingerprint density at radius 3 is 2.33 bits per heavy atom. The van der Waals surface area contributed by atoms with Crippen LogP contribution < -0.4 is 5.32 Å². The molecule has 0 aromatic heterocycles. The smallest absolute Gasteiger partial charge is 0.341 e. The van der Waals surface area contributed by atoms with Gasteiger partial charge in [0, 0.05) is 19.6 Å². The summed E-state index contributed by atoms with van der Waals surface area (Å²) in [5.41, 5.74) is -2.58. The molecule has 2 saturated heterocycles. The van der Waals surface area contributed by atoms with E-state index in [9.17, 15) is 31.1 Å². The van der Waals surface area contributed by atoms with Crippen LogP contribution in [0.2, 0.25) is 0 Å². The first-order chi connectivity index (χ1) is 9.58. The number of carbonyl (C=O) groups excluding carboxylic acids is 1. The SMILES string of the molecule is O=C(N1CCCC(C(F)(F)F)C1)C1(C(F)(F)F)CCNC1. The summed E-state index contributed by atoms with van der Waals surface area (Å²) in [6, 6.07) is 0. The molecule has 0 bridgehead atoms. The number of amides is 1. The van der Waals surface area contributed by atoms with Crippen molar-refractivity contribution in [3.63, 3.8) is 0 Å². The number of carbonyl (C=O) groups is 1. The molecule has 0 aliphatic carbocycles. The Kier molecular flexibility index (Phi) is 4.16. The maximum atomic E-state index is 13.2. The molecule has 122 valence electrons. The van der Waals surface area contributed by atoms with E-state index in [-0.39, 0.29) is 25.9 Å². The molecule has 0 saturated carbocycles. The van der Waals surface area contributed by atoms with Crippen LogP contribution in [0.5, 0.6) is 0 Å². The molecule has 2 fully saturated rings. The maximum Gasteiger partial charge on any atom is 0.404 e. The Hall–Kier alpha value is -0.990. The van der Waals surface area contributed by atoms with Gasteiger partial charge < -0.3 is 10.2 Å². The molecule has 0 aromatic rings. The van der Waals surface area contributed by atoms with Crippen molar-refractivity contribution >= 4 is 5.91 Å². The zero-order valence-corrected chi connectivity index (χ0v) is 11.2. The summed E-state index contributed by atoms with van der Waals surface area (Å²) in [7, 11) is 0. The molecule has 2 aliphatic rings. The number of alkyl halides is 6. The van der Waals surface area contributed by atoms with E-state index in [2.05, 4.69) is 5.32 Å². The first kappa shape index (κ1) is 16.4. The molecule has 2 heterocycles. The van der Waals surface area contributed by atoms with Gasteiger partial charge >= 0.3 is 12.4 Å². The quantitative estimate of drug-likeness (QED) is 0.753. The molecule has 0 aromatic carbocycles. The lowest BCUT2D eigenvalue weighted by Gasteiger charge is -2.39. The Balaban J connectivity index is 2.18. The second-order valence-corrected chi connectivity index (χ2v) is 5.64. The molecular weight excluding hydrogens is 302 g/mol. The zero-order valence-electron chi connectivity index (χ0n) is 11.2. The standard InChI is InChI=1S/C12H16F6N2O/c13-11(14,15)8-2-1-5-20(6-8)9(21)10(12(16,17)18)3-4-19-7-10/h8,19H,1-7H2. The summed E-state index contributed by atoms with van der Waals surface area (Å²) < 4.78 is 77.9. The topological polar surface area (TPSA) is 32.3 Å². The largest absolute Gasteiger partial charge is 0.404 e. The molecule has 2 aliphatic heterocycles. The van der Waals surface area contributed by atoms with Gasteiger partial charge in [-0.1, -0.05) is 0 Å². The number of hydrogen-bond donors (Lipinski definition) is 1. The van der Waals surface area contributed by atoms with Crippen LogP contribution in [0.25, 0.3) is 0 Å². The molecule has 1 N–H and O–H groups in total. The third kappa shape index (κ3) is 2.97. The third-order valence-corrected chi connectivity index (χ3v) is 4.28. The van der Waals surface area contributed by atoms with Crippen LogP contribution in [-0.2, 0) is 4.79 Å². The van der Waals surface area contributed by atoms with Crippen molar-refractivity contribution in [3.05, 3.63) is 0 Å². The molecule has 3 nitrogen and oxygen atoms in total. The minimum Gasteiger partial charge on any atom is -0.341 e. The number of rotatable bonds is 1. The zero-order chi connectivity index (χ0) is 15.9. The number of halogens is 6. The van der Waals surface area contributed by atoms with Gasteiger partial charge in [-0.15, -0.1) is 0 Å². The van der Waals surface area contributed by atoms with Gasteiger partial charge in [-0.2, -0.15) is 26.3 Å². The van der Waals surface area contributed by atoms with E-state index in [1.54, 1.807) is 0 Å². The normalized spacial score (nSPS) is 31.5. The van der Waals surface area contributed by atoms with E-state index in [0.717, 1.165) is 4.90 Å².